The number of carbonyl (C=O) groups excluding carboxylic acids is 1. The van der Waals surface area contributed by atoms with Crippen molar-refractivity contribution in [3.8, 4) is 0 Å². The van der Waals surface area contributed by atoms with E-state index in [1.807, 2.05) is 0 Å². The van der Waals surface area contributed by atoms with E-state index in [4.69, 9.17) is 21.7 Å². The lowest BCUT2D eigenvalue weighted by Gasteiger charge is -2.04. The molecule has 0 saturated carbocycles. The van der Waals surface area contributed by atoms with Gasteiger partial charge in [0.25, 0.3) is 0 Å². The van der Waals surface area contributed by atoms with Gasteiger partial charge in [0.15, 0.2) is 0 Å². The number of hydrogen-bond acceptors (Lipinski definition) is 5. The molecule has 0 fully saturated rings. The van der Waals surface area contributed by atoms with Gasteiger partial charge in [-0.25, -0.2) is 9.78 Å². The Morgan fingerprint density at radius 1 is 1.39 bits per heavy atom. The summed E-state index contributed by atoms with van der Waals surface area (Å²) in [5.74, 6) is -0.479. The smallest absolute Gasteiger partial charge is 0.338 e. The fraction of sp³-hybridized carbons (Fsp3) is 0.0833. The largest absolute Gasteiger partial charge is 0.455 e. The first kappa shape index (κ1) is 12.7. The molecular formula is C12H9ClN2O2S. The summed E-state index contributed by atoms with van der Waals surface area (Å²) in [5, 5.41) is 10.6. The van der Waals surface area contributed by atoms with Crippen molar-refractivity contribution >= 4 is 34.6 Å². The quantitative estimate of drug-likeness (QED) is 0.692. The highest BCUT2D eigenvalue weighted by atomic mass is 35.5. The molecule has 2 rings (SSSR count). The minimum Gasteiger partial charge on any atom is -0.455 e. The number of nitrogens with one attached hydrogen (secondary N) is 1. The van der Waals surface area contributed by atoms with Gasteiger partial charge in [-0.2, -0.15) is 0 Å². The Balaban J connectivity index is 1.92. The summed E-state index contributed by atoms with van der Waals surface area (Å²) in [6.07, 6.45) is 1.61. The Morgan fingerprint density at radius 3 is 2.72 bits per heavy atom. The number of ether oxygens (including phenoxy) is 1. The molecule has 92 valence electrons. The normalized spacial score (nSPS) is 10.1. The second-order valence-electron chi connectivity index (χ2n) is 3.40. The van der Waals surface area contributed by atoms with Crippen LogP contribution in [0.4, 0.5) is 0 Å². The Morgan fingerprint density at radius 2 is 2.11 bits per heavy atom. The number of esters is 1. The van der Waals surface area contributed by atoms with Crippen molar-refractivity contribution in [3.63, 3.8) is 0 Å². The van der Waals surface area contributed by atoms with Crippen molar-refractivity contribution in [3.05, 3.63) is 51.4 Å². The molecule has 0 amide bonds. The predicted molar refractivity (Wildman–Crippen MR) is 70.7 cm³/mol. The van der Waals surface area contributed by atoms with E-state index in [0.717, 1.165) is 0 Å². The van der Waals surface area contributed by atoms with Gasteiger partial charge < -0.3 is 4.74 Å². The third-order valence-electron chi connectivity index (χ3n) is 2.12. The fourth-order valence-corrected chi connectivity index (χ4v) is 1.94. The standard InChI is InChI=1S/C12H9ClN2O2S/c13-9-3-1-8(2-4-9)12(16)17-7-10(14)11-15-5-6-18-11/h1-6,14H,7H2. The van der Waals surface area contributed by atoms with Gasteiger partial charge >= 0.3 is 5.97 Å². The SMILES string of the molecule is N=C(COC(=O)c1ccc(Cl)cc1)c1nccs1. The molecule has 0 radical (unpaired) electrons. The summed E-state index contributed by atoms with van der Waals surface area (Å²) in [6, 6.07) is 6.39. The van der Waals surface area contributed by atoms with E-state index in [-0.39, 0.29) is 12.3 Å². The number of hydrogen-bond donors (Lipinski definition) is 1. The number of nitrogens with zero attached hydrogens (tertiary/aromatic N) is 1. The molecule has 0 aliphatic rings. The summed E-state index contributed by atoms with van der Waals surface area (Å²) < 4.78 is 5.01. The van der Waals surface area contributed by atoms with E-state index < -0.39 is 5.97 Å². The lowest BCUT2D eigenvalue weighted by atomic mass is 10.2. The number of carbonyl (C=O) groups is 1. The van der Waals surface area contributed by atoms with Crippen LogP contribution in [0.25, 0.3) is 0 Å². The Kier molecular flexibility index (Phi) is 4.07. The van der Waals surface area contributed by atoms with Gasteiger partial charge in [0.1, 0.15) is 17.3 Å². The molecule has 1 aromatic heterocycles. The summed E-state index contributed by atoms with van der Waals surface area (Å²) in [5.41, 5.74) is 0.596. The number of aromatic nitrogens is 1. The van der Waals surface area contributed by atoms with Gasteiger partial charge in [0.2, 0.25) is 0 Å². The monoisotopic (exact) mass is 280 g/mol. The topological polar surface area (TPSA) is 63.0 Å². The summed E-state index contributed by atoms with van der Waals surface area (Å²) >= 11 is 7.05. The Hall–Kier alpha value is -1.72. The third-order valence-corrected chi connectivity index (χ3v) is 3.20. The van der Waals surface area contributed by atoms with Crippen LogP contribution in [-0.2, 0) is 4.74 Å². The van der Waals surface area contributed by atoms with Crippen molar-refractivity contribution in [2.45, 2.75) is 0 Å². The van der Waals surface area contributed by atoms with Gasteiger partial charge in [0, 0.05) is 16.6 Å². The zero-order valence-electron chi connectivity index (χ0n) is 9.22. The molecule has 0 spiro atoms. The molecule has 0 bridgehead atoms. The van der Waals surface area contributed by atoms with Crippen molar-refractivity contribution in [1.29, 1.82) is 5.41 Å². The van der Waals surface area contributed by atoms with Crippen LogP contribution in [0.15, 0.2) is 35.8 Å². The molecule has 1 N–H and O–H groups in total. The number of thiazole rings is 1. The average molecular weight is 281 g/mol. The molecule has 0 unspecified atom stereocenters. The van der Waals surface area contributed by atoms with Crippen molar-refractivity contribution in [2.75, 3.05) is 6.61 Å². The minimum atomic E-state index is -0.479. The summed E-state index contributed by atoms with van der Waals surface area (Å²) in [4.78, 5) is 15.6. The molecule has 1 aromatic carbocycles. The lowest BCUT2D eigenvalue weighted by molar-refractivity contribution is 0.0563. The molecule has 0 aliphatic heterocycles. The first-order chi connectivity index (χ1) is 8.66. The maximum absolute atomic E-state index is 11.7. The predicted octanol–water partition coefficient (Wildman–Crippen LogP) is 3.02. The fourth-order valence-electron chi connectivity index (χ4n) is 1.24. The van der Waals surface area contributed by atoms with Gasteiger partial charge in [0.05, 0.1) is 5.56 Å². The molecular weight excluding hydrogens is 272 g/mol. The van der Waals surface area contributed by atoms with Crippen LogP contribution in [0.1, 0.15) is 15.4 Å². The molecule has 2 aromatic rings. The van der Waals surface area contributed by atoms with Gasteiger partial charge in [-0.05, 0) is 24.3 Å². The van der Waals surface area contributed by atoms with Crippen LogP contribution in [0.2, 0.25) is 5.02 Å². The van der Waals surface area contributed by atoms with Crippen LogP contribution >= 0.6 is 22.9 Å². The van der Waals surface area contributed by atoms with Crippen LogP contribution in [0.3, 0.4) is 0 Å². The van der Waals surface area contributed by atoms with Gasteiger partial charge in [-0.15, -0.1) is 11.3 Å². The van der Waals surface area contributed by atoms with E-state index in [1.165, 1.54) is 11.3 Å². The second-order valence-corrected chi connectivity index (χ2v) is 4.73. The lowest BCUT2D eigenvalue weighted by Crippen LogP contribution is -2.14. The third kappa shape index (κ3) is 3.15. The summed E-state index contributed by atoms with van der Waals surface area (Å²) in [7, 11) is 0. The van der Waals surface area contributed by atoms with Gasteiger partial charge in [-0.3, -0.25) is 5.41 Å². The van der Waals surface area contributed by atoms with Crippen molar-refractivity contribution in [1.82, 2.24) is 4.98 Å². The second kappa shape index (κ2) is 5.75. The number of rotatable bonds is 4. The van der Waals surface area contributed by atoms with E-state index in [0.29, 0.717) is 15.6 Å². The van der Waals surface area contributed by atoms with Crippen LogP contribution in [0, 0.1) is 5.41 Å². The number of benzene rings is 1. The zero-order chi connectivity index (χ0) is 13.0. The maximum atomic E-state index is 11.7. The van der Waals surface area contributed by atoms with E-state index in [2.05, 4.69) is 4.98 Å². The van der Waals surface area contributed by atoms with Gasteiger partial charge in [-0.1, -0.05) is 11.6 Å². The maximum Gasteiger partial charge on any atom is 0.338 e. The Labute approximate surface area is 113 Å². The highest BCUT2D eigenvalue weighted by Crippen LogP contribution is 2.11. The molecule has 6 heteroatoms. The highest BCUT2D eigenvalue weighted by Gasteiger charge is 2.10. The first-order valence-corrected chi connectivity index (χ1v) is 6.32. The molecule has 0 saturated heterocycles. The van der Waals surface area contributed by atoms with Crippen LogP contribution in [-0.4, -0.2) is 23.3 Å². The molecule has 0 aliphatic carbocycles. The van der Waals surface area contributed by atoms with Crippen molar-refractivity contribution < 1.29 is 9.53 Å². The average Bonchev–Trinajstić information content (AvgIpc) is 2.90. The first-order valence-electron chi connectivity index (χ1n) is 5.07. The highest BCUT2D eigenvalue weighted by molar-refractivity contribution is 7.11. The number of halogens is 1. The van der Waals surface area contributed by atoms with E-state index >= 15 is 0 Å². The molecule has 0 atom stereocenters. The molecule has 4 nitrogen and oxygen atoms in total. The van der Waals surface area contributed by atoms with Crippen LogP contribution < -0.4 is 0 Å². The minimum absolute atomic E-state index is 0.0883. The summed E-state index contributed by atoms with van der Waals surface area (Å²) in [6.45, 7) is -0.0883. The van der Waals surface area contributed by atoms with Crippen molar-refractivity contribution in [2.24, 2.45) is 0 Å². The Bertz CT molecular complexity index is 552. The van der Waals surface area contributed by atoms with E-state index in [9.17, 15) is 4.79 Å². The van der Waals surface area contributed by atoms with Crippen LogP contribution in [0.5, 0.6) is 0 Å². The zero-order valence-corrected chi connectivity index (χ0v) is 10.8. The molecule has 1 heterocycles. The molecule has 18 heavy (non-hydrogen) atoms. The van der Waals surface area contributed by atoms with E-state index in [1.54, 1.807) is 35.8 Å².